The van der Waals surface area contributed by atoms with E-state index in [1.807, 2.05) is 54.9 Å². The molecule has 2 heterocycles. The van der Waals surface area contributed by atoms with Crippen molar-refractivity contribution in [1.82, 2.24) is 14.7 Å². The third kappa shape index (κ3) is 4.02. The smallest absolute Gasteiger partial charge is 0.305 e. The highest BCUT2D eigenvalue weighted by molar-refractivity contribution is 6.32. The van der Waals surface area contributed by atoms with Crippen LogP contribution in [0.2, 0.25) is 5.02 Å². The Kier molecular flexibility index (Phi) is 5.46. The molecule has 0 spiro atoms. The lowest BCUT2D eigenvalue weighted by molar-refractivity contribution is -0.137. The average molecular weight is 426 g/mol. The lowest BCUT2D eigenvalue weighted by atomic mass is 10.1. The van der Waals surface area contributed by atoms with Gasteiger partial charge in [0.2, 0.25) is 5.82 Å². The third-order valence-corrected chi connectivity index (χ3v) is 4.88. The number of benzene rings is 2. The predicted molar refractivity (Wildman–Crippen MR) is 114 cm³/mol. The summed E-state index contributed by atoms with van der Waals surface area (Å²) in [6, 6.07) is 13.0. The van der Waals surface area contributed by atoms with Gasteiger partial charge in [-0.3, -0.25) is 4.79 Å². The first-order valence-corrected chi connectivity index (χ1v) is 9.90. The normalized spacial score (nSPS) is 11.3. The van der Waals surface area contributed by atoms with E-state index in [2.05, 4.69) is 10.1 Å². The summed E-state index contributed by atoms with van der Waals surface area (Å²) in [5.74, 6) is 0.570. The topological polar surface area (TPSA) is 90.4 Å². The Balaban J connectivity index is 1.65. The Labute approximate surface area is 177 Å². The van der Waals surface area contributed by atoms with E-state index in [0.717, 1.165) is 22.0 Å². The molecular formula is C22H20ClN3O4. The summed E-state index contributed by atoms with van der Waals surface area (Å²) in [7, 11) is 0. The fraction of sp³-hybridized carbons (Fsp3) is 0.227. The number of carbonyl (C=O) groups is 1. The van der Waals surface area contributed by atoms with E-state index in [1.54, 1.807) is 12.1 Å². The molecule has 0 aliphatic carbocycles. The fourth-order valence-corrected chi connectivity index (χ4v) is 3.49. The van der Waals surface area contributed by atoms with Crippen molar-refractivity contribution in [3.8, 4) is 28.6 Å². The van der Waals surface area contributed by atoms with Gasteiger partial charge in [-0.2, -0.15) is 4.98 Å². The SMILES string of the molecule is CC(C)Oc1ccc(-c2noc(-c3cccc4c3ccn4CCC(=O)O)n2)cc1Cl. The first-order valence-electron chi connectivity index (χ1n) is 9.52. The van der Waals surface area contributed by atoms with Crippen molar-refractivity contribution >= 4 is 28.5 Å². The number of ether oxygens (including phenoxy) is 1. The van der Waals surface area contributed by atoms with Crippen LogP contribution in [0.25, 0.3) is 33.7 Å². The van der Waals surface area contributed by atoms with Crippen LogP contribution in [0.3, 0.4) is 0 Å². The minimum absolute atomic E-state index is 0.0217. The van der Waals surface area contributed by atoms with Crippen LogP contribution < -0.4 is 4.74 Å². The van der Waals surface area contributed by atoms with Crippen LogP contribution in [-0.4, -0.2) is 31.9 Å². The fourth-order valence-electron chi connectivity index (χ4n) is 3.26. The zero-order valence-corrected chi connectivity index (χ0v) is 17.3. The van der Waals surface area contributed by atoms with Gasteiger partial charge in [0.25, 0.3) is 5.89 Å². The highest BCUT2D eigenvalue weighted by Crippen LogP contribution is 2.33. The maximum Gasteiger partial charge on any atom is 0.305 e. The summed E-state index contributed by atoms with van der Waals surface area (Å²) in [6.07, 6.45) is 1.94. The van der Waals surface area contributed by atoms with Crippen molar-refractivity contribution in [3.63, 3.8) is 0 Å². The van der Waals surface area contributed by atoms with Gasteiger partial charge in [0.1, 0.15) is 5.75 Å². The lowest BCUT2D eigenvalue weighted by Gasteiger charge is -2.11. The summed E-state index contributed by atoms with van der Waals surface area (Å²) >= 11 is 6.32. The summed E-state index contributed by atoms with van der Waals surface area (Å²) < 4.78 is 13.1. The quantitative estimate of drug-likeness (QED) is 0.433. The first-order chi connectivity index (χ1) is 14.4. The van der Waals surface area contributed by atoms with Crippen molar-refractivity contribution in [2.45, 2.75) is 32.9 Å². The number of aryl methyl sites for hydroxylation is 1. The molecule has 0 radical (unpaired) electrons. The van der Waals surface area contributed by atoms with Gasteiger partial charge < -0.3 is 18.9 Å². The zero-order valence-electron chi connectivity index (χ0n) is 16.5. The molecule has 7 nitrogen and oxygen atoms in total. The van der Waals surface area contributed by atoms with Gasteiger partial charge >= 0.3 is 5.97 Å². The summed E-state index contributed by atoms with van der Waals surface area (Å²) in [6.45, 7) is 4.26. The Bertz CT molecular complexity index is 1210. The number of carboxylic acids is 1. The molecule has 0 amide bonds. The van der Waals surface area contributed by atoms with Crippen molar-refractivity contribution in [1.29, 1.82) is 0 Å². The standard InChI is InChI=1S/C22H20ClN3O4/c1-13(2)29-19-7-6-14(12-17(19)23)21-24-22(30-25-21)16-4-3-5-18-15(16)8-10-26(18)11-9-20(27)28/h3-8,10,12-13H,9,11H2,1-2H3,(H,27,28). The van der Waals surface area contributed by atoms with Gasteiger partial charge in [0.15, 0.2) is 0 Å². The Hall–Kier alpha value is -3.32. The van der Waals surface area contributed by atoms with E-state index < -0.39 is 5.97 Å². The van der Waals surface area contributed by atoms with E-state index in [9.17, 15) is 4.79 Å². The molecule has 4 aromatic rings. The van der Waals surface area contributed by atoms with E-state index in [0.29, 0.717) is 29.0 Å². The number of aromatic nitrogens is 3. The largest absolute Gasteiger partial charge is 0.489 e. The molecule has 0 unspecified atom stereocenters. The summed E-state index contributed by atoms with van der Waals surface area (Å²) in [5, 5.41) is 14.4. The van der Waals surface area contributed by atoms with Crippen molar-refractivity contribution in [3.05, 3.63) is 53.7 Å². The maximum absolute atomic E-state index is 10.9. The molecule has 2 aromatic carbocycles. The number of halogens is 1. The van der Waals surface area contributed by atoms with E-state index >= 15 is 0 Å². The van der Waals surface area contributed by atoms with Gasteiger partial charge in [0.05, 0.1) is 17.5 Å². The minimum Gasteiger partial charge on any atom is -0.489 e. The second-order valence-electron chi connectivity index (χ2n) is 7.13. The first kappa shape index (κ1) is 20.0. The maximum atomic E-state index is 10.9. The second kappa shape index (κ2) is 8.20. The monoisotopic (exact) mass is 425 g/mol. The van der Waals surface area contributed by atoms with Gasteiger partial charge in [-0.05, 0) is 50.2 Å². The zero-order chi connectivity index (χ0) is 21.3. The molecule has 30 heavy (non-hydrogen) atoms. The Morgan fingerprint density at radius 1 is 1.27 bits per heavy atom. The average Bonchev–Trinajstić information content (AvgIpc) is 3.34. The van der Waals surface area contributed by atoms with Crippen LogP contribution in [0.4, 0.5) is 0 Å². The number of rotatable bonds is 7. The molecule has 0 saturated heterocycles. The molecule has 2 aromatic heterocycles. The van der Waals surface area contributed by atoms with Crippen molar-refractivity contribution in [2.24, 2.45) is 0 Å². The molecule has 0 aliphatic heterocycles. The van der Waals surface area contributed by atoms with Gasteiger partial charge in [-0.1, -0.05) is 22.8 Å². The molecule has 0 atom stereocenters. The number of hydrogen-bond donors (Lipinski definition) is 1. The molecule has 8 heteroatoms. The van der Waals surface area contributed by atoms with Crippen molar-refractivity contribution in [2.75, 3.05) is 0 Å². The number of nitrogens with zero attached hydrogens (tertiary/aromatic N) is 3. The molecule has 0 bridgehead atoms. The summed E-state index contributed by atoms with van der Waals surface area (Å²) in [5.41, 5.74) is 2.41. The highest BCUT2D eigenvalue weighted by Gasteiger charge is 2.16. The third-order valence-electron chi connectivity index (χ3n) is 4.59. The number of carboxylic acid groups (broad SMARTS) is 1. The molecular weight excluding hydrogens is 406 g/mol. The van der Waals surface area contributed by atoms with Gasteiger partial charge in [-0.15, -0.1) is 0 Å². The van der Waals surface area contributed by atoms with E-state index in [1.165, 1.54) is 0 Å². The Morgan fingerprint density at radius 3 is 2.83 bits per heavy atom. The highest BCUT2D eigenvalue weighted by atomic mass is 35.5. The molecule has 4 rings (SSSR count). The minimum atomic E-state index is -0.835. The van der Waals surface area contributed by atoms with Crippen LogP contribution >= 0.6 is 11.6 Å². The van der Waals surface area contributed by atoms with Crippen LogP contribution in [0, 0.1) is 0 Å². The molecule has 1 N–H and O–H groups in total. The number of hydrogen-bond acceptors (Lipinski definition) is 5. The van der Waals surface area contributed by atoms with E-state index in [4.69, 9.17) is 26.0 Å². The lowest BCUT2D eigenvalue weighted by Crippen LogP contribution is -2.05. The Morgan fingerprint density at radius 2 is 2.10 bits per heavy atom. The molecule has 0 fully saturated rings. The predicted octanol–water partition coefficient (Wildman–Crippen LogP) is 5.27. The van der Waals surface area contributed by atoms with Gasteiger partial charge in [-0.25, -0.2) is 0 Å². The van der Waals surface area contributed by atoms with Crippen LogP contribution in [0.5, 0.6) is 5.75 Å². The van der Waals surface area contributed by atoms with Crippen LogP contribution in [0.1, 0.15) is 20.3 Å². The molecule has 0 aliphatic rings. The van der Waals surface area contributed by atoms with Crippen LogP contribution in [0.15, 0.2) is 53.2 Å². The molecule has 0 saturated carbocycles. The number of aliphatic carboxylic acids is 1. The second-order valence-corrected chi connectivity index (χ2v) is 7.53. The number of fused-ring (bicyclic) bond motifs is 1. The van der Waals surface area contributed by atoms with Crippen molar-refractivity contribution < 1.29 is 19.2 Å². The molecule has 154 valence electrons. The van der Waals surface area contributed by atoms with Crippen LogP contribution in [-0.2, 0) is 11.3 Å². The summed E-state index contributed by atoms with van der Waals surface area (Å²) in [4.78, 5) is 15.4. The van der Waals surface area contributed by atoms with Gasteiger partial charge in [0, 0.05) is 34.8 Å². The van der Waals surface area contributed by atoms with E-state index in [-0.39, 0.29) is 12.5 Å².